The molecule has 0 saturated carbocycles. The molecule has 1 aromatic carbocycles. The molecule has 0 spiro atoms. The number of carbonyl (C=O) groups is 1. The van der Waals surface area contributed by atoms with Crippen LogP contribution in [0.5, 0.6) is 0 Å². The number of para-hydroxylation sites is 1. The molecule has 0 aliphatic rings. The molecule has 118 valence electrons. The summed E-state index contributed by atoms with van der Waals surface area (Å²) in [5, 5.41) is 2.84. The number of rotatable bonds is 10. The number of anilines is 1. The van der Waals surface area contributed by atoms with E-state index in [1.165, 1.54) is 6.66 Å². The fourth-order valence-corrected chi connectivity index (χ4v) is 2.82. The third kappa shape index (κ3) is 8.66. The lowest BCUT2D eigenvalue weighted by Gasteiger charge is -2.12. The van der Waals surface area contributed by atoms with Gasteiger partial charge in [0.25, 0.3) is 0 Å². The summed E-state index contributed by atoms with van der Waals surface area (Å²) >= 11 is 0. The van der Waals surface area contributed by atoms with Gasteiger partial charge in [-0.25, -0.2) is 0 Å². The molecule has 0 radical (unpaired) electrons. The quantitative estimate of drug-likeness (QED) is 0.522. The fourth-order valence-electron chi connectivity index (χ4n) is 1.81. The second-order valence-corrected chi connectivity index (χ2v) is 6.81. The Labute approximate surface area is 126 Å². The summed E-state index contributed by atoms with van der Waals surface area (Å²) in [6.07, 6.45) is 2.88. The number of hydrogen-bond donors (Lipinski definition) is 1. The van der Waals surface area contributed by atoms with Gasteiger partial charge in [0.2, 0.25) is 5.91 Å². The largest absolute Gasteiger partial charge is 0.327 e. The molecular formula is C15H24NO4P. The standard InChI is InChI=1S/C15H24NO4P/c1-3-19-21(2,18)20-13-9-5-8-12-15(17)16-14-10-6-4-7-11-14/h4,6-7,10-11H,3,5,8-9,12-13H2,1-2H3,(H,16,17). The van der Waals surface area contributed by atoms with E-state index < -0.39 is 7.60 Å². The minimum Gasteiger partial charge on any atom is -0.326 e. The lowest BCUT2D eigenvalue weighted by atomic mass is 10.2. The highest BCUT2D eigenvalue weighted by molar-refractivity contribution is 7.52. The Morgan fingerprint density at radius 2 is 1.86 bits per heavy atom. The van der Waals surface area contributed by atoms with Crippen molar-refractivity contribution in [1.29, 1.82) is 0 Å². The van der Waals surface area contributed by atoms with Crippen LogP contribution in [0.15, 0.2) is 30.3 Å². The van der Waals surface area contributed by atoms with E-state index >= 15 is 0 Å². The highest BCUT2D eigenvalue weighted by Gasteiger charge is 2.14. The van der Waals surface area contributed by atoms with E-state index in [1.54, 1.807) is 6.92 Å². The fraction of sp³-hybridized carbons (Fsp3) is 0.533. The van der Waals surface area contributed by atoms with Crippen LogP contribution < -0.4 is 5.32 Å². The van der Waals surface area contributed by atoms with Gasteiger partial charge in [-0.05, 0) is 31.9 Å². The van der Waals surface area contributed by atoms with Crippen molar-refractivity contribution < 1.29 is 18.4 Å². The van der Waals surface area contributed by atoms with Gasteiger partial charge in [0.15, 0.2) is 0 Å². The van der Waals surface area contributed by atoms with Crippen LogP contribution in [0.25, 0.3) is 0 Å². The lowest BCUT2D eigenvalue weighted by molar-refractivity contribution is -0.116. The highest BCUT2D eigenvalue weighted by atomic mass is 31.2. The third-order valence-corrected chi connectivity index (χ3v) is 4.17. The molecular weight excluding hydrogens is 289 g/mol. The molecule has 1 rings (SSSR count). The van der Waals surface area contributed by atoms with Gasteiger partial charge in [-0.2, -0.15) is 0 Å². The minimum absolute atomic E-state index is 0.0117. The minimum atomic E-state index is -2.89. The molecule has 21 heavy (non-hydrogen) atoms. The molecule has 0 heterocycles. The van der Waals surface area contributed by atoms with Gasteiger partial charge in [-0.3, -0.25) is 9.36 Å². The zero-order valence-electron chi connectivity index (χ0n) is 12.7. The molecule has 0 aliphatic heterocycles. The summed E-state index contributed by atoms with van der Waals surface area (Å²) in [6.45, 7) is 4.04. The Morgan fingerprint density at radius 3 is 2.52 bits per heavy atom. The third-order valence-electron chi connectivity index (χ3n) is 2.80. The Morgan fingerprint density at radius 1 is 1.14 bits per heavy atom. The SMILES string of the molecule is CCOP(C)(=O)OCCCCCC(=O)Nc1ccccc1. The average molecular weight is 313 g/mol. The van der Waals surface area contributed by atoms with Crippen LogP contribution in [0.2, 0.25) is 0 Å². The predicted octanol–water partition coefficient (Wildman–Crippen LogP) is 4.06. The zero-order valence-corrected chi connectivity index (χ0v) is 13.6. The summed E-state index contributed by atoms with van der Waals surface area (Å²) in [6, 6.07) is 9.39. The van der Waals surface area contributed by atoms with E-state index in [0.717, 1.165) is 24.9 Å². The van der Waals surface area contributed by atoms with Crippen LogP contribution in [0.4, 0.5) is 5.69 Å². The van der Waals surface area contributed by atoms with Crippen LogP contribution >= 0.6 is 7.60 Å². The summed E-state index contributed by atoms with van der Waals surface area (Å²) in [7, 11) is -2.89. The van der Waals surface area contributed by atoms with Crippen molar-refractivity contribution in [2.45, 2.75) is 32.6 Å². The second-order valence-electron chi connectivity index (χ2n) is 4.75. The lowest BCUT2D eigenvalue weighted by Crippen LogP contribution is -2.10. The van der Waals surface area contributed by atoms with Crippen molar-refractivity contribution in [1.82, 2.24) is 0 Å². The summed E-state index contributed by atoms with van der Waals surface area (Å²) < 4.78 is 21.9. The van der Waals surface area contributed by atoms with Crippen LogP contribution in [0.3, 0.4) is 0 Å². The van der Waals surface area contributed by atoms with E-state index in [4.69, 9.17) is 9.05 Å². The molecule has 1 amide bonds. The molecule has 0 saturated heterocycles. The smallest absolute Gasteiger partial charge is 0.326 e. The number of benzene rings is 1. The zero-order chi connectivity index (χ0) is 15.6. The Bertz CT molecular complexity index is 464. The van der Waals surface area contributed by atoms with Gasteiger partial charge in [-0.1, -0.05) is 24.6 Å². The summed E-state index contributed by atoms with van der Waals surface area (Å²) in [5.41, 5.74) is 0.814. The molecule has 0 aromatic heterocycles. The number of nitrogens with one attached hydrogen (secondary N) is 1. The average Bonchev–Trinajstić information content (AvgIpc) is 2.43. The van der Waals surface area contributed by atoms with Crippen molar-refractivity contribution >= 4 is 19.2 Å². The maximum Gasteiger partial charge on any atom is 0.327 e. The molecule has 1 unspecified atom stereocenters. The first-order valence-corrected chi connectivity index (χ1v) is 9.24. The molecule has 0 aliphatic carbocycles. The molecule has 0 fully saturated rings. The van der Waals surface area contributed by atoms with Gasteiger partial charge < -0.3 is 14.4 Å². The van der Waals surface area contributed by atoms with E-state index in [2.05, 4.69) is 5.32 Å². The van der Waals surface area contributed by atoms with E-state index in [0.29, 0.717) is 19.6 Å². The van der Waals surface area contributed by atoms with Gasteiger partial charge >= 0.3 is 7.60 Å². The van der Waals surface area contributed by atoms with Crippen LogP contribution in [-0.2, 0) is 18.4 Å². The molecule has 1 N–H and O–H groups in total. The Kier molecular flexibility index (Phi) is 8.28. The number of hydrogen-bond acceptors (Lipinski definition) is 4. The molecule has 0 bridgehead atoms. The van der Waals surface area contributed by atoms with Crippen molar-refractivity contribution in [2.75, 3.05) is 25.2 Å². The molecule has 5 nitrogen and oxygen atoms in total. The Hall–Kier alpha value is -1.16. The second kappa shape index (κ2) is 9.72. The highest BCUT2D eigenvalue weighted by Crippen LogP contribution is 2.43. The monoisotopic (exact) mass is 313 g/mol. The number of carbonyl (C=O) groups excluding carboxylic acids is 1. The maximum absolute atomic E-state index is 11.7. The molecule has 1 atom stereocenters. The van der Waals surface area contributed by atoms with Gasteiger partial charge in [0.1, 0.15) is 0 Å². The normalized spacial score (nSPS) is 13.6. The molecule has 1 aromatic rings. The summed E-state index contributed by atoms with van der Waals surface area (Å²) in [5.74, 6) is 0.0117. The first-order chi connectivity index (χ1) is 10.0. The van der Waals surface area contributed by atoms with Gasteiger partial charge in [0.05, 0.1) is 13.2 Å². The first-order valence-electron chi connectivity index (χ1n) is 7.25. The topological polar surface area (TPSA) is 64.6 Å². The van der Waals surface area contributed by atoms with Crippen LogP contribution in [0, 0.1) is 0 Å². The first kappa shape index (κ1) is 17.9. The van der Waals surface area contributed by atoms with E-state index in [1.807, 2.05) is 30.3 Å². The van der Waals surface area contributed by atoms with Crippen molar-refractivity contribution in [3.05, 3.63) is 30.3 Å². The summed E-state index contributed by atoms with van der Waals surface area (Å²) in [4.78, 5) is 11.7. The van der Waals surface area contributed by atoms with Crippen LogP contribution in [0.1, 0.15) is 32.6 Å². The molecule has 6 heteroatoms. The van der Waals surface area contributed by atoms with Crippen molar-refractivity contribution in [3.8, 4) is 0 Å². The van der Waals surface area contributed by atoms with Crippen molar-refractivity contribution in [3.63, 3.8) is 0 Å². The number of unbranched alkanes of at least 4 members (excludes halogenated alkanes) is 2. The number of amides is 1. The Balaban J connectivity index is 2.06. The van der Waals surface area contributed by atoms with Crippen molar-refractivity contribution in [2.24, 2.45) is 0 Å². The van der Waals surface area contributed by atoms with E-state index in [9.17, 15) is 9.36 Å². The van der Waals surface area contributed by atoms with Gasteiger partial charge in [-0.15, -0.1) is 0 Å². The van der Waals surface area contributed by atoms with Crippen LogP contribution in [-0.4, -0.2) is 25.8 Å². The van der Waals surface area contributed by atoms with Gasteiger partial charge in [0, 0.05) is 18.8 Å². The predicted molar refractivity (Wildman–Crippen MR) is 84.6 cm³/mol. The van der Waals surface area contributed by atoms with E-state index in [-0.39, 0.29) is 5.91 Å². The maximum atomic E-state index is 11.7.